The first-order valence-electron chi connectivity index (χ1n) is 6.57. The Balaban J connectivity index is 2.39. The van der Waals surface area contributed by atoms with Gasteiger partial charge in [0.1, 0.15) is 6.04 Å². The third kappa shape index (κ3) is 2.60. The van der Waals surface area contributed by atoms with Crippen LogP contribution in [0.25, 0.3) is 10.9 Å². The van der Waals surface area contributed by atoms with Crippen molar-refractivity contribution in [3.05, 3.63) is 48.2 Å². The Bertz CT molecular complexity index is 656. The number of allylic oxidation sites excluding steroid dienone is 1. The van der Waals surface area contributed by atoms with Gasteiger partial charge in [0.15, 0.2) is 0 Å². The van der Waals surface area contributed by atoms with Crippen molar-refractivity contribution in [2.45, 2.75) is 31.7 Å². The van der Waals surface area contributed by atoms with E-state index in [9.17, 15) is 4.79 Å². The number of hydrogen-bond acceptors (Lipinski definition) is 2. The van der Waals surface area contributed by atoms with Gasteiger partial charge in [0.25, 0.3) is 0 Å². The molecule has 0 aliphatic rings. The first kappa shape index (κ1) is 14.3. The van der Waals surface area contributed by atoms with Gasteiger partial charge < -0.3 is 15.8 Å². The highest BCUT2D eigenvalue weighted by molar-refractivity contribution is 5.85. The number of benzene rings is 1. The molecule has 0 amide bonds. The number of hydrogen-bond donors (Lipinski definition) is 3. The Morgan fingerprint density at radius 1 is 1.55 bits per heavy atom. The topological polar surface area (TPSA) is 79.1 Å². The number of fused-ring (bicyclic) bond motifs is 1. The van der Waals surface area contributed by atoms with Gasteiger partial charge in [-0.05, 0) is 17.2 Å². The summed E-state index contributed by atoms with van der Waals surface area (Å²) in [6.45, 7) is 8.07. The molecule has 0 fully saturated rings. The molecule has 20 heavy (non-hydrogen) atoms. The highest BCUT2D eigenvalue weighted by Crippen LogP contribution is 2.28. The maximum atomic E-state index is 10.8. The summed E-state index contributed by atoms with van der Waals surface area (Å²) in [5, 5.41) is 9.91. The number of nitrogens with one attached hydrogen (secondary N) is 1. The van der Waals surface area contributed by atoms with E-state index < -0.39 is 12.0 Å². The van der Waals surface area contributed by atoms with Crippen molar-refractivity contribution in [1.29, 1.82) is 0 Å². The molecular weight excluding hydrogens is 252 g/mol. The Morgan fingerprint density at radius 2 is 2.25 bits per heavy atom. The summed E-state index contributed by atoms with van der Waals surface area (Å²) in [5.74, 6) is -0.983. The van der Waals surface area contributed by atoms with E-state index in [0.29, 0.717) is 6.42 Å². The zero-order valence-electron chi connectivity index (χ0n) is 11.8. The van der Waals surface area contributed by atoms with Gasteiger partial charge in [-0.2, -0.15) is 0 Å². The summed E-state index contributed by atoms with van der Waals surface area (Å²) in [7, 11) is 0. The molecule has 4 heteroatoms. The molecule has 106 valence electrons. The number of H-pyrrole nitrogens is 1. The number of aromatic nitrogens is 1. The largest absolute Gasteiger partial charge is 0.480 e. The zero-order valence-corrected chi connectivity index (χ0v) is 11.8. The zero-order chi connectivity index (χ0) is 14.9. The molecule has 1 aromatic heterocycles. The molecule has 0 saturated heterocycles. The molecule has 0 aliphatic heterocycles. The monoisotopic (exact) mass is 272 g/mol. The second kappa shape index (κ2) is 5.13. The lowest BCUT2D eigenvalue weighted by atomic mass is 9.84. The molecular formula is C16H20N2O2. The fourth-order valence-electron chi connectivity index (χ4n) is 2.20. The Morgan fingerprint density at radius 3 is 2.85 bits per heavy atom. The van der Waals surface area contributed by atoms with Crippen LogP contribution in [0.3, 0.4) is 0 Å². The van der Waals surface area contributed by atoms with Crippen LogP contribution in [0.15, 0.2) is 37.1 Å². The minimum absolute atomic E-state index is 0.100. The highest BCUT2D eigenvalue weighted by atomic mass is 16.4. The number of aromatic amines is 1. The van der Waals surface area contributed by atoms with Crippen molar-refractivity contribution in [3.63, 3.8) is 0 Å². The van der Waals surface area contributed by atoms with E-state index in [-0.39, 0.29) is 5.41 Å². The van der Waals surface area contributed by atoms with Gasteiger partial charge >= 0.3 is 5.97 Å². The summed E-state index contributed by atoms with van der Waals surface area (Å²) < 4.78 is 0. The Hall–Kier alpha value is -2.07. The van der Waals surface area contributed by atoms with Gasteiger partial charge in [-0.15, -0.1) is 6.58 Å². The van der Waals surface area contributed by atoms with Gasteiger partial charge in [0.2, 0.25) is 0 Å². The summed E-state index contributed by atoms with van der Waals surface area (Å²) in [6, 6.07) is 5.26. The van der Waals surface area contributed by atoms with Gasteiger partial charge in [0, 0.05) is 28.9 Å². The maximum Gasteiger partial charge on any atom is 0.320 e. The van der Waals surface area contributed by atoms with Crippen LogP contribution in [0, 0.1) is 0 Å². The summed E-state index contributed by atoms with van der Waals surface area (Å²) >= 11 is 0. The van der Waals surface area contributed by atoms with Crippen LogP contribution >= 0.6 is 0 Å². The van der Waals surface area contributed by atoms with Crippen molar-refractivity contribution in [2.24, 2.45) is 5.73 Å². The van der Waals surface area contributed by atoms with Crippen molar-refractivity contribution >= 4 is 16.9 Å². The molecule has 0 radical (unpaired) electrons. The predicted octanol–water partition coefficient (Wildman–Crippen LogP) is 2.59. The van der Waals surface area contributed by atoms with Crippen LogP contribution in [0.5, 0.6) is 0 Å². The fourth-order valence-corrected chi connectivity index (χ4v) is 2.20. The first-order chi connectivity index (χ1) is 9.35. The van der Waals surface area contributed by atoms with E-state index in [1.165, 1.54) is 0 Å². The van der Waals surface area contributed by atoms with Crippen LogP contribution in [0.4, 0.5) is 0 Å². The maximum absolute atomic E-state index is 10.8. The number of carbonyl (C=O) groups is 1. The van der Waals surface area contributed by atoms with Gasteiger partial charge in [0.05, 0.1) is 0 Å². The third-order valence-corrected chi connectivity index (χ3v) is 3.78. The molecule has 1 aromatic carbocycles. The third-order valence-electron chi connectivity index (χ3n) is 3.78. The molecule has 2 rings (SSSR count). The predicted molar refractivity (Wildman–Crippen MR) is 80.8 cm³/mol. The number of rotatable bonds is 5. The minimum atomic E-state index is -0.983. The van der Waals surface area contributed by atoms with E-state index >= 15 is 0 Å². The second-order valence-electron chi connectivity index (χ2n) is 5.65. The standard InChI is InChI=1S/C16H20N2O2/c1-4-16(2,3)11-5-6-12-10(7-13(17)15(19)20)9-18-14(12)8-11/h4-6,8-9,13,18H,1,7,17H2,2-3H3,(H,19,20). The van der Waals surface area contributed by atoms with Crippen molar-refractivity contribution in [2.75, 3.05) is 0 Å². The number of carboxylic acid groups (broad SMARTS) is 1. The lowest BCUT2D eigenvalue weighted by molar-refractivity contribution is -0.138. The highest BCUT2D eigenvalue weighted by Gasteiger charge is 2.18. The summed E-state index contributed by atoms with van der Waals surface area (Å²) in [4.78, 5) is 14.0. The lowest BCUT2D eigenvalue weighted by Crippen LogP contribution is -2.32. The van der Waals surface area contributed by atoms with Gasteiger partial charge in [-0.3, -0.25) is 4.79 Å². The van der Waals surface area contributed by atoms with Crippen LogP contribution in [-0.4, -0.2) is 22.1 Å². The summed E-state index contributed by atoms with van der Waals surface area (Å²) in [6.07, 6.45) is 4.07. The Labute approximate surface area is 118 Å². The first-order valence-corrected chi connectivity index (χ1v) is 6.57. The van der Waals surface area contributed by atoms with Crippen molar-refractivity contribution < 1.29 is 9.90 Å². The fraction of sp³-hybridized carbons (Fsp3) is 0.312. The van der Waals surface area contributed by atoms with Crippen molar-refractivity contribution in [3.8, 4) is 0 Å². The molecule has 1 atom stereocenters. The molecule has 4 nitrogen and oxygen atoms in total. The molecule has 0 spiro atoms. The van der Waals surface area contributed by atoms with E-state index in [1.54, 1.807) is 0 Å². The number of aliphatic carboxylic acids is 1. The average Bonchev–Trinajstić information content (AvgIpc) is 2.81. The molecule has 0 aliphatic carbocycles. The smallest absolute Gasteiger partial charge is 0.320 e. The molecule has 0 bridgehead atoms. The van der Waals surface area contributed by atoms with Crippen LogP contribution in [0.2, 0.25) is 0 Å². The average molecular weight is 272 g/mol. The van der Waals surface area contributed by atoms with Crippen molar-refractivity contribution in [1.82, 2.24) is 4.98 Å². The Kier molecular flexibility index (Phi) is 3.68. The minimum Gasteiger partial charge on any atom is -0.480 e. The molecule has 2 aromatic rings. The van der Waals surface area contributed by atoms with E-state index in [1.807, 2.05) is 24.4 Å². The SMILES string of the molecule is C=CC(C)(C)c1ccc2c(CC(N)C(=O)O)c[nH]c2c1. The van der Waals surface area contributed by atoms with Crippen LogP contribution < -0.4 is 5.73 Å². The normalized spacial score (nSPS) is 13.3. The number of nitrogens with two attached hydrogens (primary N) is 1. The molecule has 1 heterocycles. The molecule has 4 N–H and O–H groups in total. The van der Waals surface area contributed by atoms with Crippen LogP contribution in [-0.2, 0) is 16.6 Å². The second-order valence-corrected chi connectivity index (χ2v) is 5.65. The molecule has 1 unspecified atom stereocenters. The van der Waals surface area contributed by atoms with E-state index in [0.717, 1.165) is 22.0 Å². The quantitative estimate of drug-likeness (QED) is 0.732. The van der Waals surface area contributed by atoms with Gasteiger partial charge in [-0.25, -0.2) is 0 Å². The molecule has 0 saturated carbocycles. The lowest BCUT2D eigenvalue weighted by Gasteiger charge is -2.20. The van der Waals surface area contributed by atoms with Gasteiger partial charge in [-0.1, -0.05) is 32.1 Å². The van der Waals surface area contributed by atoms with E-state index in [4.69, 9.17) is 10.8 Å². The number of carboxylic acids is 1. The van der Waals surface area contributed by atoms with Crippen LogP contribution in [0.1, 0.15) is 25.0 Å². The summed E-state index contributed by atoms with van der Waals surface area (Å²) in [5.41, 5.74) is 8.57. The van der Waals surface area contributed by atoms with E-state index in [2.05, 4.69) is 31.5 Å².